The molecule has 24 heavy (non-hydrogen) atoms. The molecule has 0 heterocycles. The molecule has 0 saturated carbocycles. The van der Waals surface area contributed by atoms with Crippen LogP contribution in [0.15, 0.2) is 34.4 Å². The first-order valence-corrected chi connectivity index (χ1v) is 10.1. The van der Waals surface area contributed by atoms with Crippen LogP contribution in [0, 0.1) is 11.8 Å². The highest BCUT2D eigenvalue weighted by atomic mass is 14.0. The Balaban J connectivity index is -0.000000276. The Bertz CT molecular complexity index is 329. The van der Waals surface area contributed by atoms with Gasteiger partial charge in [-0.05, 0) is 79.1 Å². The van der Waals surface area contributed by atoms with Crippen molar-refractivity contribution in [2.45, 2.75) is 109 Å². The molecule has 0 aliphatic rings. The van der Waals surface area contributed by atoms with Crippen LogP contribution in [0.25, 0.3) is 0 Å². The molecular formula is C24H48. The second kappa shape index (κ2) is 18.6. The van der Waals surface area contributed by atoms with E-state index in [1.165, 1.54) is 36.8 Å². The van der Waals surface area contributed by atoms with Gasteiger partial charge in [0.25, 0.3) is 0 Å². The summed E-state index contributed by atoms with van der Waals surface area (Å²) in [7, 11) is 0. The average molecular weight is 337 g/mol. The van der Waals surface area contributed by atoms with Crippen molar-refractivity contribution in [1.29, 1.82) is 0 Å². The minimum Gasteiger partial charge on any atom is -0.0885 e. The van der Waals surface area contributed by atoms with Gasteiger partial charge < -0.3 is 0 Å². The summed E-state index contributed by atoms with van der Waals surface area (Å²) in [5.74, 6) is 1.56. The first kappa shape index (κ1) is 28.0. The van der Waals surface area contributed by atoms with E-state index < -0.39 is 0 Å². The fourth-order valence-electron chi connectivity index (χ4n) is 1.82. The van der Waals surface area contributed by atoms with Gasteiger partial charge in [0, 0.05) is 0 Å². The Morgan fingerprint density at radius 1 is 0.625 bits per heavy atom. The van der Waals surface area contributed by atoms with Gasteiger partial charge in [0.15, 0.2) is 0 Å². The summed E-state index contributed by atoms with van der Waals surface area (Å²) in [4.78, 5) is 0. The smallest absolute Gasteiger partial charge is 0.0237 e. The Hall–Kier alpha value is -0.780. The van der Waals surface area contributed by atoms with Crippen molar-refractivity contribution in [3.8, 4) is 0 Å². The van der Waals surface area contributed by atoms with E-state index in [0.29, 0.717) is 0 Å². The van der Waals surface area contributed by atoms with E-state index in [9.17, 15) is 0 Å². The summed E-state index contributed by atoms with van der Waals surface area (Å²) in [6, 6.07) is 0. The highest BCUT2D eigenvalue weighted by molar-refractivity contribution is 5.07. The van der Waals surface area contributed by atoms with Gasteiger partial charge in [-0.2, -0.15) is 0 Å². The topological polar surface area (TPSA) is 0 Å². The zero-order valence-electron chi connectivity index (χ0n) is 19.1. The fourth-order valence-corrected chi connectivity index (χ4v) is 1.82. The minimum absolute atomic E-state index is 0.778. The van der Waals surface area contributed by atoms with E-state index in [-0.39, 0.29) is 0 Å². The molecule has 0 nitrogen and oxygen atoms in total. The summed E-state index contributed by atoms with van der Waals surface area (Å²) in [5, 5.41) is 0. The predicted molar refractivity (Wildman–Crippen MR) is 117 cm³/mol. The lowest BCUT2D eigenvalue weighted by atomic mass is 10.0. The molecular weight excluding hydrogens is 288 g/mol. The lowest BCUT2D eigenvalue weighted by Gasteiger charge is -2.06. The van der Waals surface area contributed by atoms with Crippen molar-refractivity contribution in [1.82, 2.24) is 0 Å². The second-order valence-electron chi connectivity index (χ2n) is 6.95. The molecule has 0 amide bonds. The van der Waals surface area contributed by atoms with E-state index >= 15 is 0 Å². The molecule has 0 saturated heterocycles. The van der Waals surface area contributed by atoms with Crippen LogP contribution >= 0.6 is 0 Å². The van der Waals surface area contributed by atoms with Gasteiger partial charge in [-0.25, -0.2) is 0 Å². The molecule has 0 spiro atoms. The molecule has 0 aromatic rings. The van der Waals surface area contributed by atoms with Crippen LogP contribution in [0.3, 0.4) is 0 Å². The summed E-state index contributed by atoms with van der Waals surface area (Å²) in [6.07, 6.45) is 9.31. The monoisotopic (exact) mass is 336 g/mol. The van der Waals surface area contributed by atoms with E-state index in [0.717, 1.165) is 11.8 Å². The number of rotatable bonds is 6. The number of hydrogen-bond acceptors (Lipinski definition) is 0. The van der Waals surface area contributed by atoms with Crippen molar-refractivity contribution in [2.24, 2.45) is 11.8 Å². The first-order valence-electron chi connectivity index (χ1n) is 10.1. The highest BCUT2D eigenvalue weighted by Gasteiger charge is 1.97. The summed E-state index contributed by atoms with van der Waals surface area (Å²) >= 11 is 0. The Morgan fingerprint density at radius 2 is 0.875 bits per heavy atom. The molecule has 0 aliphatic carbocycles. The van der Waals surface area contributed by atoms with Crippen LogP contribution in [-0.4, -0.2) is 0 Å². The normalized spacial score (nSPS) is 15.3. The SMILES string of the molecule is C/C=C(/C)C(C)CC.CC/C(C)=C(/C)CC.CC=C(C)C(C)CC. The van der Waals surface area contributed by atoms with Crippen molar-refractivity contribution < 1.29 is 0 Å². The first-order chi connectivity index (χ1) is 11.2. The van der Waals surface area contributed by atoms with Gasteiger partial charge in [0.2, 0.25) is 0 Å². The standard InChI is InChI=1S/3C8H16/c3*1-5-7(3)8(4)6-2/h5-6H2,1-4H3;2*5,8H,6H2,1-4H3/b8-7-;7-5-;. The molecule has 0 rings (SSSR count). The molecule has 0 aliphatic heterocycles. The minimum atomic E-state index is 0.778. The molecule has 144 valence electrons. The molecule has 0 N–H and O–H groups in total. The molecule has 0 aromatic heterocycles. The molecule has 0 bridgehead atoms. The van der Waals surface area contributed by atoms with Crippen LogP contribution in [0.4, 0.5) is 0 Å². The molecule has 0 fully saturated rings. The van der Waals surface area contributed by atoms with Crippen molar-refractivity contribution >= 4 is 0 Å². The maximum Gasteiger partial charge on any atom is -0.0237 e. The molecule has 2 unspecified atom stereocenters. The summed E-state index contributed by atoms with van der Waals surface area (Å²) in [5.41, 5.74) is 6.11. The third kappa shape index (κ3) is 16.1. The van der Waals surface area contributed by atoms with Crippen LogP contribution in [0.1, 0.15) is 109 Å². The maximum absolute atomic E-state index is 2.26. The van der Waals surface area contributed by atoms with Gasteiger partial charge in [0.1, 0.15) is 0 Å². The van der Waals surface area contributed by atoms with Gasteiger partial charge in [0.05, 0.1) is 0 Å². The molecule has 2 atom stereocenters. The third-order valence-corrected chi connectivity index (χ3v) is 5.48. The van der Waals surface area contributed by atoms with Crippen LogP contribution in [0.5, 0.6) is 0 Å². The summed E-state index contributed by atoms with van der Waals surface area (Å²) < 4.78 is 0. The largest absolute Gasteiger partial charge is 0.0885 e. The molecule has 0 heteroatoms. The van der Waals surface area contributed by atoms with Crippen molar-refractivity contribution in [3.63, 3.8) is 0 Å². The van der Waals surface area contributed by atoms with Crippen LogP contribution in [0.2, 0.25) is 0 Å². The Morgan fingerprint density at radius 3 is 0.958 bits per heavy atom. The lowest BCUT2D eigenvalue weighted by molar-refractivity contribution is 0.654. The van der Waals surface area contributed by atoms with Gasteiger partial charge in [-0.3, -0.25) is 0 Å². The van der Waals surface area contributed by atoms with E-state index in [4.69, 9.17) is 0 Å². The highest BCUT2D eigenvalue weighted by Crippen LogP contribution is 2.12. The zero-order chi connectivity index (χ0) is 19.7. The maximum atomic E-state index is 2.26. The Labute approximate surface area is 155 Å². The quantitative estimate of drug-likeness (QED) is 0.424. The van der Waals surface area contributed by atoms with Crippen molar-refractivity contribution in [2.75, 3.05) is 0 Å². The van der Waals surface area contributed by atoms with Gasteiger partial charge in [-0.15, -0.1) is 0 Å². The summed E-state index contributed by atoms with van der Waals surface area (Å²) in [6.45, 7) is 26.4. The van der Waals surface area contributed by atoms with E-state index in [2.05, 4.69) is 95.2 Å². The van der Waals surface area contributed by atoms with Gasteiger partial charge in [-0.1, -0.05) is 76.0 Å². The number of hydrogen-bond donors (Lipinski definition) is 0. The van der Waals surface area contributed by atoms with E-state index in [1.807, 2.05) is 0 Å². The van der Waals surface area contributed by atoms with E-state index in [1.54, 1.807) is 11.1 Å². The predicted octanol–water partition coefficient (Wildman–Crippen LogP) is 9.14. The van der Waals surface area contributed by atoms with Crippen LogP contribution < -0.4 is 0 Å². The lowest BCUT2D eigenvalue weighted by Crippen LogP contribution is -1.91. The number of allylic oxidation sites excluding steroid dienone is 6. The third-order valence-electron chi connectivity index (χ3n) is 5.48. The van der Waals surface area contributed by atoms with Gasteiger partial charge >= 0.3 is 0 Å². The fraction of sp³-hybridized carbons (Fsp3) is 0.750. The Kier molecular flexibility index (Phi) is 21.7. The molecule has 0 aromatic carbocycles. The zero-order valence-corrected chi connectivity index (χ0v) is 19.1. The molecule has 0 radical (unpaired) electrons. The van der Waals surface area contributed by atoms with Crippen LogP contribution in [-0.2, 0) is 0 Å². The van der Waals surface area contributed by atoms with Crippen molar-refractivity contribution in [3.05, 3.63) is 34.4 Å². The average Bonchev–Trinajstić information content (AvgIpc) is 2.64. The second-order valence-corrected chi connectivity index (χ2v) is 6.95.